The van der Waals surface area contributed by atoms with E-state index in [0.29, 0.717) is 16.2 Å². The summed E-state index contributed by atoms with van der Waals surface area (Å²) in [5, 5.41) is 8.66. The fourth-order valence-corrected chi connectivity index (χ4v) is 3.52. The van der Waals surface area contributed by atoms with Gasteiger partial charge in [-0.05, 0) is 55.6 Å². The van der Waals surface area contributed by atoms with E-state index in [0.717, 1.165) is 15.8 Å². The molecule has 0 aliphatic carbocycles. The number of fused-ring (bicyclic) bond motifs is 1. The molecule has 5 nitrogen and oxygen atoms in total. The Bertz CT molecular complexity index is 1120. The second-order valence-corrected chi connectivity index (χ2v) is 7.24. The van der Waals surface area contributed by atoms with Crippen molar-refractivity contribution in [2.24, 2.45) is 0 Å². The average molecular weight is 382 g/mol. The second kappa shape index (κ2) is 6.92. The number of nitrogens with zero attached hydrogens (tertiary/aromatic N) is 2. The van der Waals surface area contributed by atoms with Crippen LogP contribution in [0.25, 0.3) is 21.5 Å². The van der Waals surface area contributed by atoms with Gasteiger partial charge < -0.3 is 9.15 Å². The maximum Gasteiger partial charge on any atom is 0.349 e. The van der Waals surface area contributed by atoms with Crippen LogP contribution in [0, 0.1) is 12.7 Å². The third kappa shape index (κ3) is 3.59. The van der Waals surface area contributed by atoms with E-state index in [9.17, 15) is 9.18 Å². The van der Waals surface area contributed by atoms with Crippen LogP contribution in [-0.4, -0.2) is 16.2 Å². The SMILES string of the molecule is Cc1ccc(-c2nnc([C@@H](C)OC(=O)c3cc4cc(F)ccc4s3)o2)cc1. The number of aromatic nitrogens is 2. The molecule has 136 valence electrons. The maximum atomic E-state index is 13.3. The van der Waals surface area contributed by atoms with E-state index >= 15 is 0 Å². The van der Waals surface area contributed by atoms with Gasteiger partial charge in [0, 0.05) is 10.3 Å². The minimum absolute atomic E-state index is 0.214. The van der Waals surface area contributed by atoms with E-state index in [4.69, 9.17) is 9.15 Å². The lowest BCUT2D eigenvalue weighted by Gasteiger charge is -2.07. The summed E-state index contributed by atoms with van der Waals surface area (Å²) in [5.41, 5.74) is 1.92. The number of halogens is 1. The molecule has 0 fully saturated rings. The molecule has 7 heteroatoms. The molecule has 2 heterocycles. The molecule has 2 aromatic carbocycles. The highest BCUT2D eigenvalue weighted by Gasteiger charge is 2.21. The van der Waals surface area contributed by atoms with Crippen LogP contribution in [0.3, 0.4) is 0 Å². The molecule has 4 aromatic rings. The van der Waals surface area contributed by atoms with Crippen molar-refractivity contribution in [3.8, 4) is 11.5 Å². The Morgan fingerprint density at radius 1 is 1.15 bits per heavy atom. The van der Waals surface area contributed by atoms with Crippen molar-refractivity contribution in [3.05, 3.63) is 70.7 Å². The Labute approximate surface area is 158 Å². The lowest BCUT2D eigenvalue weighted by Crippen LogP contribution is -2.08. The first-order chi connectivity index (χ1) is 13.0. The summed E-state index contributed by atoms with van der Waals surface area (Å²) in [6.45, 7) is 3.66. The molecule has 0 saturated carbocycles. The van der Waals surface area contributed by atoms with Crippen LogP contribution >= 0.6 is 11.3 Å². The van der Waals surface area contributed by atoms with Gasteiger partial charge >= 0.3 is 5.97 Å². The van der Waals surface area contributed by atoms with Crippen LogP contribution in [0.5, 0.6) is 0 Å². The van der Waals surface area contributed by atoms with E-state index in [1.54, 1.807) is 19.1 Å². The van der Waals surface area contributed by atoms with E-state index < -0.39 is 12.1 Å². The van der Waals surface area contributed by atoms with Crippen LogP contribution in [-0.2, 0) is 4.74 Å². The van der Waals surface area contributed by atoms with Gasteiger partial charge in [0.2, 0.25) is 5.89 Å². The predicted octanol–water partition coefficient (Wildman–Crippen LogP) is 5.32. The molecule has 0 radical (unpaired) electrons. The third-order valence-electron chi connectivity index (χ3n) is 4.05. The molecule has 0 aliphatic heterocycles. The van der Waals surface area contributed by atoms with Crippen molar-refractivity contribution < 1.29 is 18.3 Å². The predicted molar refractivity (Wildman–Crippen MR) is 100 cm³/mol. The number of aryl methyl sites for hydroxylation is 1. The molecule has 0 saturated heterocycles. The molecular formula is C20H15FN2O3S. The average Bonchev–Trinajstić information content (AvgIpc) is 3.29. The van der Waals surface area contributed by atoms with E-state index in [2.05, 4.69) is 10.2 Å². The van der Waals surface area contributed by atoms with Crippen molar-refractivity contribution in [1.29, 1.82) is 0 Å². The topological polar surface area (TPSA) is 65.2 Å². The molecule has 0 amide bonds. The van der Waals surface area contributed by atoms with Crippen LogP contribution in [0.1, 0.15) is 34.2 Å². The Kier molecular flexibility index (Phi) is 4.45. The van der Waals surface area contributed by atoms with Gasteiger partial charge in [-0.3, -0.25) is 0 Å². The third-order valence-corrected chi connectivity index (χ3v) is 5.15. The van der Waals surface area contributed by atoms with Gasteiger partial charge in [-0.15, -0.1) is 21.5 Å². The van der Waals surface area contributed by atoms with E-state index in [-0.39, 0.29) is 11.7 Å². The number of carbonyl (C=O) groups excluding carboxylic acids is 1. The lowest BCUT2D eigenvalue weighted by atomic mass is 10.1. The number of ether oxygens (including phenoxy) is 1. The monoisotopic (exact) mass is 382 g/mol. The number of thiophene rings is 1. The zero-order valence-electron chi connectivity index (χ0n) is 14.6. The number of hydrogen-bond acceptors (Lipinski definition) is 6. The van der Waals surface area contributed by atoms with Gasteiger partial charge in [0.15, 0.2) is 6.10 Å². The summed E-state index contributed by atoms with van der Waals surface area (Å²) in [4.78, 5) is 12.8. The van der Waals surface area contributed by atoms with Crippen LogP contribution in [0.4, 0.5) is 4.39 Å². The smallest absolute Gasteiger partial charge is 0.349 e. The number of hydrogen-bond donors (Lipinski definition) is 0. The zero-order chi connectivity index (χ0) is 19.0. The summed E-state index contributed by atoms with van der Waals surface area (Å²) in [7, 11) is 0. The fraction of sp³-hybridized carbons (Fsp3) is 0.150. The quantitative estimate of drug-likeness (QED) is 0.447. The Hall–Kier alpha value is -3.06. The van der Waals surface area contributed by atoms with E-state index in [1.165, 1.54) is 23.5 Å². The zero-order valence-corrected chi connectivity index (χ0v) is 15.4. The highest BCUT2D eigenvalue weighted by atomic mass is 32.1. The summed E-state index contributed by atoms with van der Waals surface area (Å²) in [6, 6.07) is 13.7. The second-order valence-electron chi connectivity index (χ2n) is 6.15. The number of esters is 1. The van der Waals surface area contributed by atoms with Crippen molar-refractivity contribution in [3.63, 3.8) is 0 Å². The normalized spacial score (nSPS) is 12.3. The van der Waals surface area contributed by atoms with Gasteiger partial charge in [-0.2, -0.15) is 0 Å². The number of carbonyl (C=O) groups is 1. The molecule has 1 atom stereocenters. The largest absolute Gasteiger partial charge is 0.448 e. The summed E-state index contributed by atoms with van der Waals surface area (Å²) in [5.74, 6) is -0.279. The van der Waals surface area contributed by atoms with Crippen molar-refractivity contribution in [2.75, 3.05) is 0 Å². The lowest BCUT2D eigenvalue weighted by molar-refractivity contribution is 0.0286. The number of benzene rings is 2. The first-order valence-corrected chi connectivity index (χ1v) is 9.12. The molecule has 2 aromatic heterocycles. The van der Waals surface area contributed by atoms with Crippen LogP contribution in [0.2, 0.25) is 0 Å². The number of rotatable bonds is 4. The van der Waals surface area contributed by atoms with Gasteiger partial charge in [-0.25, -0.2) is 9.18 Å². The minimum atomic E-state index is -0.703. The summed E-state index contributed by atoms with van der Waals surface area (Å²) >= 11 is 1.25. The standard InChI is InChI=1S/C20H15FN2O3S/c1-11-3-5-13(6-4-11)19-23-22-18(26-19)12(2)25-20(24)17-10-14-9-15(21)7-8-16(14)27-17/h3-10,12H,1-2H3/t12-/m1/s1. The fourth-order valence-electron chi connectivity index (χ4n) is 2.60. The minimum Gasteiger partial charge on any atom is -0.448 e. The first kappa shape index (κ1) is 17.4. The van der Waals surface area contributed by atoms with Crippen LogP contribution < -0.4 is 0 Å². The highest BCUT2D eigenvalue weighted by molar-refractivity contribution is 7.20. The highest BCUT2D eigenvalue weighted by Crippen LogP contribution is 2.29. The molecule has 27 heavy (non-hydrogen) atoms. The van der Waals surface area contributed by atoms with Crippen molar-refractivity contribution in [1.82, 2.24) is 10.2 Å². The molecule has 0 bridgehead atoms. The Balaban J connectivity index is 1.50. The van der Waals surface area contributed by atoms with Gasteiger partial charge in [0.1, 0.15) is 10.7 Å². The molecule has 0 unspecified atom stereocenters. The maximum absolute atomic E-state index is 13.3. The Morgan fingerprint density at radius 2 is 1.93 bits per heavy atom. The Morgan fingerprint density at radius 3 is 2.70 bits per heavy atom. The van der Waals surface area contributed by atoms with Gasteiger partial charge in [0.25, 0.3) is 5.89 Å². The van der Waals surface area contributed by atoms with Crippen molar-refractivity contribution in [2.45, 2.75) is 20.0 Å². The molecular weight excluding hydrogens is 367 g/mol. The summed E-state index contributed by atoms with van der Waals surface area (Å²) < 4.78 is 25.2. The molecule has 0 spiro atoms. The van der Waals surface area contributed by atoms with Gasteiger partial charge in [0.05, 0.1) is 0 Å². The van der Waals surface area contributed by atoms with E-state index in [1.807, 2.05) is 31.2 Å². The van der Waals surface area contributed by atoms with Crippen LogP contribution in [0.15, 0.2) is 52.9 Å². The first-order valence-electron chi connectivity index (χ1n) is 8.30. The molecule has 4 rings (SSSR count). The van der Waals surface area contributed by atoms with Gasteiger partial charge in [-0.1, -0.05) is 17.7 Å². The van der Waals surface area contributed by atoms with Crippen molar-refractivity contribution >= 4 is 27.4 Å². The summed E-state index contributed by atoms with van der Waals surface area (Å²) in [6.07, 6.45) is -0.703. The molecule has 0 N–H and O–H groups in total. The molecule has 0 aliphatic rings.